The zero-order valence-electron chi connectivity index (χ0n) is 10.2. The lowest BCUT2D eigenvalue weighted by Crippen LogP contribution is -2.46. The van der Waals surface area contributed by atoms with Gasteiger partial charge in [-0.1, -0.05) is 0 Å². The van der Waals surface area contributed by atoms with E-state index < -0.39 is 0 Å². The molecule has 0 aromatic heterocycles. The lowest BCUT2D eigenvalue weighted by molar-refractivity contribution is -0.119. The molecule has 0 unspecified atom stereocenters. The van der Waals surface area contributed by atoms with Crippen molar-refractivity contribution in [2.45, 2.75) is 32.1 Å². The molecule has 2 heterocycles. The highest BCUT2D eigenvalue weighted by Gasteiger charge is 2.28. The molecular weight excluding hydrogens is 218 g/mol. The highest BCUT2D eigenvalue weighted by Crippen LogP contribution is 2.22. The third-order valence-corrected chi connectivity index (χ3v) is 3.75. The van der Waals surface area contributed by atoms with Crippen molar-refractivity contribution in [1.29, 1.82) is 0 Å². The van der Waals surface area contributed by atoms with E-state index in [9.17, 15) is 9.59 Å². The molecule has 2 saturated heterocycles. The molecule has 2 N–H and O–H groups in total. The van der Waals surface area contributed by atoms with E-state index >= 15 is 0 Å². The fraction of sp³-hybridized carbons (Fsp3) is 0.833. The van der Waals surface area contributed by atoms with E-state index in [4.69, 9.17) is 5.73 Å². The number of carbonyl (C=O) groups excluding carboxylic acids is 2. The molecule has 96 valence electrons. The number of nitrogens with two attached hydrogens (primary N) is 1. The summed E-state index contributed by atoms with van der Waals surface area (Å²) in [6.45, 7) is 3.35. The van der Waals surface area contributed by atoms with Gasteiger partial charge in [0.15, 0.2) is 0 Å². The fourth-order valence-corrected chi connectivity index (χ4v) is 2.72. The molecule has 5 nitrogen and oxygen atoms in total. The fourth-order valence-electron chi connectivity index (χ4n) is 2.72. The average molecular weight is 239 g/mol. The molecule has 0 atom stereocenters. The summed E-state index contributed by atoms with van der Waals surface area (Å²) in [6.07, 6.45) is 4.53. The maximum atomic E-state index is 12.1. The van der Waals surface area contributed by atoms with E-state index in [1.54, 1.807) is 0 Å². The first kappa shape index (κ1) is 12.2. The number of urea groups is 1. The monoisotopic (exact) mass is 239 g/mol. The zero-order chi connectivity index (χ0) is 12.3. The molecule has 2 aliphatic rings. The van der Waals surface area contributed by atoms with Crippen LogP contribution in [0.4, 0.5) is 4.79 Å². The van der Waals surface area contributed by atoms with Gasteiger partial charge >= 0.3 is 6.03 Å². The SMILES string of the molecule is NC(=O)CC1CCN(C(=O)N2CCCC2)CC1. The summed E-state index contributed by atoms with van der Waals surface area (Å²) in [5.74, 6) is 0.143. The van der Waals surface area contributed by atoms with E-state index in [1.165, 1.54) is 0 Å². The maximum absolute atomic E-state index is 12.1. The second-order valence-corrected chi connectivity index (χ2v) is 5.08. The van der Waals surface area contributed by atoms with Crippen LogP contribution < -0.4 is 5.73 Å². The van der Waals surface area contributed by atoms with Gasteiger partial charge in [0.05, 0.1) is 0 Å². The lowest BCUT2D eigenvalue weighted by atomic mass is 9.93. The number of nitrogens with zero attached hydrogens (tertiary/aromatic N) is 2. The molecular formula is C12H21N3O2. The summed E-state index contributed by atoms with van der Waals surface area (Å²) >= 11 is 0. The van der Waals surface area contributed by atoms with Crippen molar-refractivity contribution >= 4 is 11.9 Å². The van der Waals surface area contributed by atoms with Gasteiger partial charge in [-0.15, -0.1) is 0 Å². The first-order chi connectivity index (χ1) is 8.16. The molecule has 0 aromatic carbocycles. The van der Waals surface area contributed by atoms with Gasteiger partial charge in [0.2, 0.25) is 5.91 Å². The number of piperidine rings is 1. The third-order valence-electron chi connectivity index (χ3n) is 3.75. The number of hydrogen-bond acceptors (Lipinski definition) is 2. The van der Waals surface area contributed by atoms with Crippen LogP contribution in [0.15, 0.2) is 0 Å². The van der Waals surface area contributed by atoms with Gasteiger partial charge in [0.1, 0.15) is 0 Å². The number of hydrogen-bond donors (Lipinski definition) is 1. The minimum Gasteiger partial charge on any atom is -0.370 e. The summed E-state index contributed by atoms with van der Waals surface area (Å²) in [5, 5.41) is 0. The quantitative estimate of drug-likeness (QED) is 0.774. The van der Waals surface area contributed by atoms with E-state index in [0.29, 0.717) is 12.3 Å². The van der Waals surface area contributed by atoms with Gasteiger partial charge in [-0.2, -0.15) is 0 Å². The van der Waals surface area contributed by atoms with Crippen LogP contribution in [0.1, 0.15) is 32.1 Å². The van der Waals surface area contributed by atoms with E-state index in [2.05, 4.69) is 0 Å². The molecule has 0 spiro atoms. The molecule has 0 saturated carbocycles. The molecule has 0 aliphatic carbocycles. The summed E-state index contributed by atoms with van der Waals surface area (Å²) < 4.78 is 0. The Balaban J connectivity index is 1.78. The Morgan fingerprint density at radius 2 is 1.53 bits per heavy atom. The Kier molecular flexibility index (Phi) is 3.86. The molecule has 3 amide bonds. The standard InChI is InChI=1S/C12H21N3O2/c13-11(16)9-10-3-7-15(8-4-10)12(17)14-5-1-2-6-14/h10H,1-9H2,(H2,13,16). The van der Waals surface area contributed by atoms with Crippen molar-refractivity contribution in [2.24, 2.45) is 11.7 Å². The van der Waals surface area contributed by atoms with Crippen LogP contribution in [-0.4, -0.2) is 47.9 Å². The van der Waals surface area contributed by atoms with Crippen molar-refractivity contribution in [3.05, 3.63) is 0 Å². The predicted octanol–water partition coefficient (Wildman–Crippen LogP) is 0.790. The number of likely N-dealkylation sites (tertiary alicyclic amines) is 2. The van der Waals surface area contributed by atoms with Gasteiger partial charge < -0.3 is 15.5 Å². The van der Waals surface area contributed by atoms with Crippen LogP contribution in [0.25, 0.3) is 0 Å². The Labute approximate surface area is 102 Å². The molecule has 2 aliphatic heterocycles. The maximum Gasteiger partial charge on any atom is 0.319 e. The van der Waals surface area contributed by atoms with E-state index in [1.807, 2.05) is 9.80 Å². The van der Waals surface area contributed by atoms with Crippen molar-refractivity contribution in [1.82, 2.24) is 9.80 Å². The second-order valence-electron chi connectivity index (χ2n) is 5.08. The predicted molar refractivity (Wildman–Crippen MR) is 64.3 cm³/mol. The third kappa shape index (κ3) is 3.11. The van der Waals surface area contributed by atoms with Crippen molar-refractivity contribution in [3.63, 3.8) is 0 Å². The van der Waals surface area contributed by atoms with Crippen molar-refractivity contribution < 1.29 is 9.59 Å². The van der Waals surface area contributed by atoms with Gasteiger partial charge in [0, 0.05) is 32.6 Å². The minimum absolute atomic E-state index is 0.181. The Morgan fingerprint density at radius 1 is 1.00 bits per heavy atom. The number of rotatable bonds is 2. The topological polar surface area (TPSA) is 66.6 Å². The molecule has 2 rings (SSSR count). The highest BCUT2D eigenvalue weighted by atomic mass is 16.2. The largest absolute Gasteiger partial charge is 0.370 e. The van der Waals surface area contributed by atoms with Crippen LogP contribution in [0, 0.1) is 5.92 Å². The Bertz CT molecular complexity index is 292. The number of amides is 3. The van der Waals surface area contributed by atoms with Gasteiger partial charge in [0.25, 0.3) is 0 Å². The molecule has 2 fully saturated rings. The molecule has 0 aromatic rings. The minimum atomic E-state index is -0.227. The molecule has 0 radical (unpaired) electrons. The highest BCUT2D eigenvalue weighted by molar-refractivity contribution is 5.75. The van der Waals surface area contributed by atoms with Crippen LogP contribution in [0.3, 0.4) is 0 Å². The van der Waals surface area contributed by atoms with Crippen LogP contribution in [-0.2, 0) is 4.79 Å². The Hall–Kier alpha value is -1.26. The first-order valence-corrected chi connectivity index (χ1v) is 6.49. The summed E-state index contributed by atoms with van der Waals surface area (Å²) in [7, 11) is 0. The second kappa shape index (κ2) is 5.38. The molecule has 5 heteroatoms. The summed E-state index contributed by atoms with van der Waals surface area (Å²) in [6, 6.07) is 0.181. The number of carbonyl (C=O) groups is 2. The molecule has 17 heavy (non-hydrogen) atoms. The molecule has 0 bridgehead atoms. The normalized spacial score (nSPS) is 21.9. The summed E-state index contributed by atoms with van der Waals surface area (Å²) in [5.41, 5.74) is 5.19. The van der Waals surface area contributed by atoms with Crippen LogP contribution in [0.2, 0.25) is 0 Å². The van der Waals surface area contributed by atoms with E-state index in [-0.39, 0.29) is 11.9 Å². The smallest absolute Gasteiger partial charge is 0.319 e. The van der Waals surface area contributed by atoms with Crippen molar-refractivity contribution in [3.8, 4) is 0 Å². The van der Waals surface area contributed by atoms with Gasteiger partial charge in [-0.05, 0) is 31.6 Å². The van der Waals surface area contributed by atoms with E-state index in [0.717, 1.165) is 51.9 Å². The van der Waals surface area contributed by atoms with Crippen molar-refractivity contribution in [2.75, 3.05) is 26.2 Å². The van der Waals surface area contributed by atoms with Gasteiger partial charge in [-0.25, -0.2) is 4.79 Å². The first-order valence-electron chi connectivity index (χ1n) is 6.49. The average Bonchev–Trinajstić information content (AvgIpc) is 2.82. The van der Waals surface area contributed by atoms with Gasteiger partial charge in [-0.3, -0.25) is 4.79 Å². The van der Waals surface area contributed by atoms with Crippen LogP contribution >= 0.6 is 0 Å². The zero-order valence-corrected chi connectivity index (χ0v) is 10.2. The number of primary amides is 1. The summed E-state index contributed by atoms with van der Waals surface area (Å²) in [4.78, 5) is 26.8. The van der Waals surface area contributed by atoms with Crippen LogP contribution in [0.5, 0.6) is 0 Å². The lowest BCUT2D eigenvalue weighted by Gasteiger charge is -2.34. The Morgan fingerprint density at radius 3 is 2.06 bits per heavy atom.